The summed E-state index contributed by atoms with van der Waals surface area (Å²) in [6.45, 7) is 6.72. The minimum absolute atomic E-state index is 0.252. The van der Waals surface area contributed by atoms with Gasteiger partial charge in [-0.1, -0.05) is 38.1 Å². The first-order valence-corrected chi connectivity index (χ1v) is 9.38. The zero-order chi connectivity index (χ0) is 18.4. The number of benzene rings is 1. The van der Waals surface area contributed by atoms with Gasteiger partial charge in [0.05, 0.1) is 31.3 Å². The number of carbonyl (C=O) groups excluding carboxylic acids is 1. The van der Waals surface area contributed by atoms with Gasteiger partial charge >= 0.3 is 5.97 Å². The normalized spacial score (nSPS) is 38.4. The number of fused-ring (bicyclic) bond motifs is 2. The summed E-state index contributed by atoms with van der Waals surface area (Å²) in [5.41, 5.74) is 2.17. The molecule has 2 saturated heterocycles. The van der Waals surface area contributed by atoms with E-state index in [2.05, 4.69) is 26.0 Å². The van der Waals surface area contributed by atoms with E-state index < -0.39 is 24.4 Å². The number of aliphatic hydroxyl groups excluding tert-OH is 1. The molecule has 1 N–H and O–H groups in total. The number of esters is 1. The molecule has 6 nitrogen and oxygen atoms in total. The Balaban J connectivity index is 1.44. The second-order valence-electron chi connectivity index (χ2n) is 7.57. The van der Waals surface area contributed by atoms with Crippen LogP contribution in [0.25, 0.3) is 0 Å². The average molecular weight is 362 g/mol. The summed E-state index contributed by atoms with van der Waals surface area (Å²) in [5, 5.41) is 10.7. The number of hydrogen-bond donors (Lipinski definition) is 1. The summed E-state index contributed by atoms with van der Waals surface area (Å²) in [6.07, 6.45) is -2.45. The minimum atomic E-state index is -0.755. The molecule has 0 radical (unpaired) electrons. The molecule has 2 aliphatic heterocycles. The van der Waals surface area contributed by atoms with E-state index in [0.29, 0.717) is 19.1 Å². The van der Waals surface area contributed by atoms with Crippen LogP contribution in [0.2, 0.25) is 0 Å². The van der Waals surface area contributed by atoms with E-state index in [4.69, 9.17) is 18.9 Å². The Morgan fingerprint density at radius 2 is 1.96 bits per heavy atom. The van der Waals surface area contributed by atoms with Gasteiger partial charge < -0.3 is 24.1 Å². The molecule has 0 spiro atoms. The highest BCUT2D eigenvalue weighted by Gasteiger charge is 2.67. The summed E-state index contributed by atoms with van der Waals surface area (Å²) in [7, 11) is 0. The van der Waals surface area contributed by atoms with Crippen molar-refractivity contribution in [2.75, 3.05) is 13.2 Å². The second-order valence-corrected chi connectivity index (χ2v) is 7.57. The molecule has 3 fully saturated rings. The van der Waals surface area contributed by atoms with E-state index in [0.717, 1.165) is 5.56 Å². The number of aliphatic hydroxyl groups is 1. The Morgan fingerprint density at radius 3 is 2.62 bits per heavy atom. The fraction of sp³-hybridized carbons (Fsp3) is 0.650. The Morgan fingerprint density at radius 1 is 1.23 bits per heavy atom. The van der Waals surface area contributed by atoms with Gasteiger partial charge in [-0.25, -0.2) is 0 Å². The maximum absolute atomic E-state index is 12.0. The molecule has 2 heterocycles. The first kappa shape index (κ1) is 17.9. The van der Waals surface area contributed by atoms with Crippen molar-refractivity contribution in [3.63, 3.8) is 0 Å². The van der Waals surface area contributed by atoms with E-state index in [1.54, 1.807) is 6.92 Å². The van der Waals surface area contributed by atoms with Crippen LogP contribution < -0.4 is 0 Å². The number of hydrogen-bond acceptors (Lipinski definition) is 6. The fourth-order valence-corrected chi connectivity index (χ4v) is 4.01. The van der Waals surface area contributed by atoms with Crippen molar-refractivity contribution >= 4 is 5.97 Å². The molecule has 0 amide bonds. The van der Waals surface area contributed by atoms with Crippen molar-refractivity contribution in [1.82, 2.24) is 0 Å². The van der Waals surface area contributed by atoms with E-state index in [1.165, 1.54) is 5.56 Å². The molecule has 1 aromatic rings. The van der Waals surface area contributed by atoms with Crippen LogP contribution in [0.1, 0.15) is 44.1 Å². The molecule has 1 saturated carbocycles. The molecule has 1 aromatic carbocycles. The monoisotopic (exact) mass is 362 g/mol. The van der Waals surface area contributed by atoms with E-state index >= 15 is 0 Å². The number of rotatable bonds is 4. The largest absolute Gasteiger partial charge is 0.466 e. The number of carbonyl (C=O) groups is 1. The molecule has 0 aromatic heterocycles. The Bertz CT molecular complexity index is 657. The van der Waals surface area contributed by atoms with Gasteiger partial charge in [0.1, 0.15) is 12.2 Å². The maximum Gasteiger partial charge on any atom is 0.312 e. The summed E-state index contributed by atoms with van der Waals surface area (Å²) in [4.78, 5) is 12.0. The maximum atomic E-state index is 12.0. The highest BCUT2D eigenvalue weighted by atomic mass is 16.7. The van der Waals surface area contributed by atoms with Crippen LogP contribution >= 0.6 is 0 Å². The van der Waals surface area contributed by atoms with Crippen LogP contribution in [-0.2, 0) is 23.7 Å². The highest BCUT2D eigenvalue weighted by Crippen LogP contribution is 2.52. The Hall–Kier alpha value is -1.47. The zero-order valence-electron chi connectivity index (χ0n) is 15.3. The molecule has 4 rings (SSSR count). The summed E-state index contributed by atoms with van der Waals surface area (Å²) in [6, 6.07) is 8.14. The van der Waals surface area contributed by atoms with Gasteiger partial charge in [0.15, 0.2) is 6.29 Å². The van der Waals surface area contributed by atoms with Crippen molar-refractivity contribution in [1.29, 1.82) is 0 Å². The van der Waals surface area contributed by atoms with E-state index in [9.17, 15) is 9.90 Å². The van der Waals surface area contributed by atoms with Crippen LogP contribution in [0, 0.1) is 11.8 Å². The molecule has 6 heteroatoms. The summed E-state index contributed by atoms with van der Waals surface area (Å²) >= 11 is 0. The van der Waals surface area contributed by atoms with Crippen molar-refractivity contribution in [3.8, 4) is 0 Å². The van der Waals surface area contributed by atoms with Gasteiger partial charge in [0, 0.05) is 11.5 Å². The smallest absolute Gasteiger partial charge is 0.312 e. The summed E-state index contributed by atoms with van der Waals surface area (Å²) < 4.78 is 22.9. The van der Waals surface area contributed by atoms with Gasteiger partial charge in [0.2, 0.25) is 0 Å². The molecule has 142 valence electrons. The topological polar surface area (TPSA) is 74.2 Å². The predicted molar refractivity (Wildman–Crippen MR) is 92.4 cm³/mol. The SMILES string of the molecule is CCOC(=O)[C@@H]1C2OC3COC(c4ccc(C(C)C)cc4)OC3[C@H](O)C21. The lowest BCUT2D eigenvalue weighted by molar-refractivity contribution is -0.300. The molecule has 1 aliphatic carbocycles. The van der Waals surface area contributed by atoms with Crippen LogP contribution in [-0.4, -0.2) is 48.7 Å². The quantitative estimate of drug-likeness (QED) is 0.828. The molecule has 0 bridgehead atoms. The lowest BCUT2D eigenvalue weighted by Gasteiger charge is -2.41. The third-order valence-corrected chi connectivity index (χ3v) is 5.56. The Labute approximate surface area is 153 Å². The standard InChI is InChI=1S/C20H26O6/c1-4-23-19(22)15-14-16(21)17-13(25-18(14)15)9-24-20(26-17)12-7-5-11(6-8-12)10(2)3/h5-8,10,13-18,20-21H,4,9H2,1-3H3/t13?,14?,15-,16+,17?,18?,20?/m0/s1. The van der Waals surface area contributed by atoms with Crippen LogP contribution in [0.15, 0.2) is 24.3 Å². The molecule has 5 unspecified atom stereocenters. The third kappa shape index (κ3) is 3.05. The fourth-order valence-electron chi connectivity index (χ4n) is 4.01. The molecular weight excluding hydrogens is 336 g/mol. The van der Waals surface area contributed by atoms with Gasteiger partial charge in [-0.15, -0.1) is 0 Å². The van der Waals surface area contributed by atoms with E-state index in [1.807, 2.05) is 12.1 Å². The van der Waals surface area contributed by atoms with Gasteiger partial charge in [-0.2, -0.15) is 0 Å². The predicted octanol–water partition coefficient (Wildman–Crippen LogP) is 2.16. The molecular formula is C20H26O6. The first-order valence-electron chi connectivity index (χ1n) is 9.38. The molecule has 7 atom stereocenters. The van der Waals surface area contributed by atoms with Gasteiger partial charge in [-0.05, 0) is 18.4 Å². The number of ether oxygens (including phenoxy) is 4. The zero-order valence-corrected chi connectivity index (χ0v) is 15.3. The van der Waals surface area contributed by atoms with Crippen LogP contribution in [0.3, 0.4) is 0 Å². The minimum Gasteiger partial charge on any atom is -0.466 e. The highest BCUT2D eigenvalue weighted by molar-refractivity contribution is 5.77. The van der Waals surface area contributed by atoms with Crippen molar-refractivity contribution in [3.05, 3.63) is 35.4 Å². The summed E-state index contributed by atoms with van der Waals surface area (Å²) in [5.74, 6) is -0.496. The lowest BCUT2D eigenvalue weighted by Crippen LogP contribution is -2.53. The van der Waals surface area contributed by atoms with Crippen LogP contribution in [0.5, 0.6) is 0 Å². The van der Waals surface area contributed by atoms with Crippen molar-refractivity contribution < 1.29 is 28.8 Å². The van der Waals surface area contributed by atoms with Gasteiger partial charge in [0.25, 0.3) is 0 Å². The van der Waals surface area contributed by atoms with Crippen LogP contribution in [0.4, 0.5) is 0 Å². The second kappa shape index (κ2) is 6.93. The van der Waals surface area contributed by atoms with Gasteiger partial charge in [-0.3, -0.25) is 4.79 Å². The molecule has 3 aliphatic rings. The van der Waals surface area contributed by atoms with E-state index in [-0.39, 0.29) is 24.1 Å². The van der Waals surface area contributed by atoms with Crippen molar-refractivity contribution in [2.45, 2.75) is 57.4 Å². The van der Waals surface area contributed by atoms with Crippen molar-refractivity contribution in [2.24, 2.45) is 11.8 Å². The Kier molecular flexibility index (Phi) is 4.77. The first-order chi connectivity index (χ1) is 12.5. The molecule has 26 heavy (non-hydrogen) atoms. The average Bonchev–Trinajstić information content (AvgIpc) is 3.36. The lowest BCUT2D eigenvalue weighted by atomic mass is 9.98. The third-order valence-electron chi connectivity index (χ3n) is 5.56.